The molecule has 6 nitrogen and oxygen atoms in total. The predicted molar refractivity (Wildman–Crippen MR) is 107 cm³/mol. The van der Waals surface area contributed by atoms with E-state index in [-0.39, 0.29) is 35.7 Å². The quantitative estimate of drug-likeness (QED) is 0.711. The number of hydrogen-bond donors (Lipinski definition) is 1. The van der Waals surface area contributed by atoms with Gasteiger partial charge in [-0.3, -0.25) is 4.79 Å². The molecule has 0 radical (unpaired) electrons. The molecule has 154 valence electrons. The van der Waals surface area contributed by atoms with E-state index in [1.54, 1.807) is 12.1 Å². The molecule has 1 saturated carbocycles. The lowest BCUT2D eigenvalue weighted by Gasteiger charge is -2.30. The fraction of sp³-hybridized carbons (Fsp3) is 0.600. The summed E-state index contributed by atoms with van der Waals surface area (Å²) in [5.41, 5.74) is 0.587. The molecular weight excluding hydrogens is 383 g/mol. The second-order valence-corrected chi connectivity index (χ2v) is 8.05. The Morgan fingerprint density at radius 1 is 1.32 bits per heavy atom. The maximum Gasteiger partial charge on any atom is 0.274 e. The molecule has 1 aromatic carbocycles. The van der Waals surface area contributed by atoms with Crippen LogP contribution >= 0.6 is 11.3 Å². The van der Waals surface area contributed by atoms with Crippen LogP contribution in [0.25, 0.3) is 10.2 Å². The summed E-state index contributed by atoms with van der Waals surface area (Å²) in [6.07, 6.45) is 3.46. The SMILES string of the molecule is CCOc1nc2ccc(OC3CCC(OC[C@H](C)NC(C)=O)CC3)c(F)c2s1. The third-order valence-electron chi connectivity index (χ3n) is 4.66. The first-order valence-corrected chi connectivity index (χ1v) is 10.5. The van der Waals surface area contributed by atoms with Gasteiger partial charge in [0.05, 0.1) is 35.6 Å². The summed E-state index contributed by atoms with van der Waals surface area (Å²) in [5.74, 6) is -0.159. The van der Waals surface area contributed by atoms with Gasteiger partial charge < -0.3 is 19.5 Å². The molecule has 1 aliphatic rings. The monoisotopic (exact) mass is 410 g/mol. The van der Waals surface area contributed by atoms with Crippen LogP contribution in [0.15, 0.2) is 12.1 Å². The van der Waals surface area contributed by atoms with Crippen LogP contribution in [0.3, 0.4) is 0 Å². The Kier molecular flexibility index (Phi) is 7.07. The maximum atomic E-state index is 14.8. The molecule has 2 aromatic rings. The van der Waals surface area contributed by atoms with E-state index in [0.29, 0.717) is 28.6 Å². The lowest BCUT2D eigenvalue weighted by Crippen LogP contribution is -2.36. The standard InChI is InChI=1S/C20H27FN2O4S/c1-4-25-20-23-16-9-10-17(18(21)19(16)28-20)27-15-7-5-14(6-8-15)26-11-12(2)22-13(3)24/h9-10,12,14-15H,4-8,11H2,1-3H3,(H,22,24)/t12-,14?,15?/m0/s1. The number of nitrogens with zero attached hydrogens (tertiary/aromatic N) is 1. The molecule has 0 bridgehead atoms. The summed E-state index contributed by atoms with van der Waals surface area (Å²) in [6, 6.07) is 3.41. The van der Waals surface area contributed by atoms with Gasteiger partial charge >= 0.3 is 0 Å². The molecule has 1 amide bonds. The highest BCUT2D eigenvalue weighted by Crippen LogP contribution is 2.35. The number of fused-ring (bicyclic) bond motifs is 1. The first-order valence-electron chi connectivity index (χ1n) is 9.73. The van der Waals surface area contributed by atoms with Gasteiger partial charge in [0.2, 0.25) is 5.91 Å². The van der Waals surface area contributed by atoms with Crippen molar-refractivity contribution in [1.29, 1.82) is 0 Å². The summed E-state index contributed by atoms with van der Waals surface area (Å²) >= 11 is 1.20. The van der Waals surface area contributed by atoms with Gasteiger partial charge in [0.15, 0.2) is 11.6 Å². The fourth-order valence-corrected chi connectivity index (χ4v) is 4.27. The molecule has 1 N–H and O–H groups in total. The Balaban J connectivity index is 1.52. The average molecular weight is 411 g/mol. The van der Waals surface area contributed by atoms with Crippen molar-refractivity contribution < 1.29 is 23.4 Å². The summed E-state index contributed by atoms with van der Waals surface area (Å²) < 4.78 is 32.5. The van der Waals surface area contributed by atoms with E-state index >= 15 is 0 Å². The second-order valence-electron chi connectivity index (χ2n) is 7.09. The average Bonchev–Trinajstić information content (AvgIpc) is 3.07. The minimum absolute atomic E-state index is 0.00622. The van der Waals surface area contributed by atoms with E-state index in [2.05, 4.69) is 10.3 Å². The highest BCUT2D eigenvalue weighted by atomic mass is 32.1. The van der Waals surface area contributed by atoms with E-state index in [9.17, 15) is 9.18 Å². The number of ether oxygens (including phenoxy) is 3. The first kappa shape index (κ1) is 20.8. The highest BCUT2D eigenvalue weighted by Gasteiger charge is 2.25. The van der Waals surface area contributed by atoms with Gasteiger partial charge in [0.25, 0.3) is 5.19 Å². The van der Waals surface area contributed by atoms with Gasteiger partial charge in [-0.15, -0.1) is 0 Å². The van der Waals surface area contributed by atoms with Gasteiger partial charge in [0.1, 0.15) is 0 Å². The molecular formula is C20H27FN2O4S. The summed E-state index contributed by atoms with van der Waals surface area (Å²) in [5, 5.41) is 3.28. The number of nitrogens with one attached hydrogen (secondary N) is 1. The van der Waals surface area contributed by atoms with E-state index < -0.39 is 0 Å². The molecule has 1 atom stereocenters. The predicted octanol–water partition coefficient (Wildman–Crippen LogP) is 4.07. The number of hydrogen-bond acceptors (Lipinski definition) is 6. The zero-order valence-electron chi connectivity index (χ0n) is 16.5. The normalized spacial score (nSPS) is 20.7. The lowest BCUT2D eigenvalue weighted by atomic mass is 9.95. The zero-order valence-corrected chi connectivity index (χ0v) is 17.3. The molecule has 0 unspecified atom stereocenters. The molecule has 28 heavy (non-hydrogen) atoms. The Hall–Kier alpha value is -1.93. The number of carbonyl (C=O) groups is 1. The minimum Gasteiger partial charge on any atom is -0.487 e. The number of rotatable bonds is 8. The molecule has 1 aliphatic carbocycles. The van der Waals surface area contributed by atoms with Crippen LogP contribution in [0, 0.1) is 5.82 Å². The largest absolute Gasteiger partial charge is 0.487 e. The number of benzene rings is 1. The van der Waals surface area contributed by atoms with Crippen molar-refractivity contribution in [2.75, 3.05) is 13.2 Å². The molecule has 1 fully saturated rings. The lowest BCUT2D eigenvalue weighted by molar-refractivity contribution is -0.120. The molecule has 0 spiro atoms. The second kappa shape index (κ2) is 9.52. The van der Waals surface area contributed by atoms with E-state index in [1.807, 2.05) is 13.8 Å². The van der Waals surface area contributed by atoms with Crippen molar-refractivity contribution in [2.45, 2.75) is 64.7 Å². The van der Waals surface area contributed by atoms with Crippen molar-refractivity contribution in [1.82, 2.24) is 10.3 Å². The molecule has 8 heteroatoms. The van der Waals surface area contributed by atoms with Gasteiger partial charge in [-0.1, -0.05) is 11.3 Å². The Morgan fingerprint density at radius 2 is 2.04 bits per heavy atom. The summed E-state index contributed by atoms with van der Waals surface area (Å²) in [7, 11) is 0. The van der Waals surface area contributed by atoms with Crippen LogP contribution in [0.4, 0.5) is 4.39 Å². The highest BCUT2D eigenvalue weighted by molar-refractivity contribution is 7.20. The van der Waals surface area contributed by atoms with E-state index in [0.717, 1.165) is 25.7 Å². The Morgan fingerprint density at radius 3 is 2.71 bits per heavy atom. The third kappa shape index (κ3) is 5.32. The molecule has 1 aromatic heterocycles. The van der Waals surface area contributed by atoms with E-state index in [4.69, 9.17) is 14.2 Å². The number of thiazole rings is 1. The smallest absolute Gasteiger partial charge is 0.274 e. The van der Waals surface area contributed by atoms with E-state index in [1.165, 1.54) is 18.3 Å². The van der Waals surface area contributed by atoms with Gasteiger partial charge in [-0.2, -0.15) is 0 Å². The van der Waals surface area contributed by atoms with Crippen LogP contribution in [0.5, 0.6) is 10.9 Å². The Labute approximate surface area is 168 Å². The zero-order chi connectivity index (χ0) is 20.1. The molecule has 3 rings (SSSR count). The van der Waals surface area contributed by atoms with Crippen molar-refractivity contribution >= 4 is 27.5 Å². The fourth-order valence-electron chi connectivity index (χ4n) is 3.36. The van der Waals surface area contributed by atoms with Crippen molar-refractivity contribution in [2.24, 2.45) is 0 Å². The molecule has 0 aliphatic heterocycles. The van der Waals surface area contributed by atoms with Crippen LogP contribution < -0.4 is 14.8 Å². The van der Waals surface area contributed by atoms with Crippen LogP contribution in [0.1, 0.15) is 46.5 Å². The summed E-state index contributed by atoms with van der Waals surface area (Å²) in [6.45, 7) is 6.29. The molecule has 0 saturated heterocycles. The molecule has 1 heterocycles. The van der Waals surface area contributed by atoms with Crippen molar-refractivity contribution in [3.63, 3.8) is 0 Å². The van der Waals surface area contributed by atoms with Gasteiger partial charge in [0, 0.05) is 13.0 Å². The van der Waals surface area contributed by atoms with Crippen LogP contribution in [-0.4, -0.2) is 42.4 Å². The van der Waals surface area contributed by atoms with Gasteiger partial charge in [-0.05, 0) is 51.7 Å². The first-order chi connectivity index (χ1) is 13.5. The van der Waals surface area contributed by atoms with Crippen molar-refractivity contribution in [3.8, 4) is 10.9 Å². The van der Waals surface area contributed by atoms with Gasteiger partial charge in [-0.25, -0.2) is 9.37 Å². The number of aromatic nitrogens is 1. The number of carbonyl (C=O) groups excluding carboxylic acids is 1. The van der Waals surface area contributed by atoms with Crippen molar-refractivity contribution in [3.05, 3.63) is 17.9 Å². The maximum absolute atomic E-state index is 14.8. The van der Waals surface area contributed by atoms with Crippen LogP contribution in [-0.2, 0) is 9.53 Å². The third-order valence-corrected chi connectivity index (χ3v) is 5.63. The van der Waals surface area contributed by atoms with Crippen LogP contribution in [0.2, 0.25) is 0 Å². The Bertz CT molecular complexity index is 805. The minimum atomic E-state index is -0.372. The topological polar surface area (TPSA) is 69.7 Å². The summed E-state index contributed by atoms with van der Waals surface area (Å²) in [4.78, 5) is 15.3. The number of amides is 1. The number of halogens is 1.